The van der Waals surface area contributed by atoms with Crippen LogP contribution in [0.4, 0.5) is 10.1 Å². The molecule has 2 aromatic carbocycles. The first-order valence-electron chi connectivity index (χ1n) is 10.6. The maximum atomic E-state index is 13.4. The summed E-state index contributed by atoms with van der Waals surface area (Å²) in [6.07, 6.45) is 1.03. The van der Waals surface area contributed by atoms with Gasteiger partial charge in [-0.25, -0.2) is 12.8 Å². The lowest BCUT2D eigenvalue weighted by molar-refractivity contribution is -0.140. The number of sulfonamides is 1. The number of aryl methyl sites for hydroxylation is 1. The largest absolute Gasteiger partial charge is 0.350 e. The van der Waals surface area contributed by atoms with Crippen LogP contribution in [0.3, 0.4) is 0 Å². The summed E-state index contributed by atoms with van der Waals surface area (Å²) in [5.41, 5.74) is 1.40. The number of carbonyl (C=O) groups is 2. The minimum absolute atomic E-state index is 0.0172. The standard InChI is InChI=1S/C24H32FN3O4S/c1-17-7-13-21(14-8-17)28(33(6,31)32)16-22(29)27(15-19-9-11-20(25)12-10-19)18(2)23(30)26-24(3,4)5/h7-14,18H,15-16H2,1-6H3,(H,26,30). The van der Waals surface area contributed by atoms with Crippen molar-refractivity contribution in [2.75, 3.05) is 17.1 Å². The highest BCUT2D eigenvalue weighted by atomic mass is 32.2. The van der Waals surface area contributed by atoms with Gasteiger partial charge in [0.2, 0.25) is 21.8 Å². The molecule has 0 saturated carbocycles. The molecule has 0 spiro atoms. The fourth-order valence-electron chi connectivity index (χ4n) is 3.17. The fourth-order valence-corrected chi connectivity index (χ4v) is 4.02. The number of carbonyl (C=O) groups excluding carboxylic acids is 2. The molecule has 0 aromatic heterocycles. The number of nitrogens with zero attached hydrogens (tertiary/aromatic N) is 2. The van der Waals surface area contributed by atoms with Crippen LogP contribution in [0.2, 0.25) is 0 Å². The number of amides is 2. The zero-order valence-corrected chi connectivity index (χ0v) is 20.7. The van der Waals surface area contributed by atoms with E-state index in [-0.39, 0.29) is 12.5 Å². The molecule has 1 unspecified atom stereocenters. The Morgan fingerprint density at radius 1 is 1.03 bits per heavy atom. The Labute approximate surface area is 195 Å². The summed E-state index contributed by atoms with van der Waals surface area (Å²) < 4.78 is 39.4. The van der Waals surface area contributed by atoms with E-state index in [9.17, 15) is 22.4 Å². The molecule has 1 N–H and O–H groups in total. The van der Waals surface area contributed by atoms with Crippen molar-refractivity contribution in [2.24, 2.45) is 0 Å². The van der Waals surface area contributed by atoms with E-state index in [0.29, 0.717) is 11.3 Å². The van der Waals surface area contributed by atoms with Gasteiger partial charge in [-0.15, -0.1) is 0 Å². The Hall–Kier alpha value is -2.94. The molecule has 180 valence electrons. The normalized spacial score (nSPS) is 12.7. The smallest absolute Gasteiger partial charge is 0.244 e. The quantitative estimate of drug-likeness (QED) is 0.633. The first-order chi connectivity index (χ1) is 15.2. The molecule has 0 aliphatic carbocycles. The summed E-state index contributed by atoms with van der Waals surface area (Å²) in [5, 5.41) is 2.85. The Morgan fingerprint density at radius 3 is 2.06 bits per heavy atom. The van der Waals surface area contributed by atoms with Crippen LogP contribution in [0.5, 0.6) is 0 Å². The molecule has 9 heteroatoms. The predicted octanol–water partition coefficient (Wildman–Crippen LogP) is 3.23. The van der Waals surface area contributed by atoms with E-state index in [0.717, 1.165) is 16.1 Å². The van der Waals surface area contributed by atoms with Gasteiger partial charge in [0, 0.05) is 12.1 Å². The maximum absolute atomic E-state index is 13.4. The van der Waals surface area contributed by atoms with E-state index in [4.69, 9.17) is 0 Å². The number of nitrogens with one attached hydrogen (secondary N) is 1. The van der Waals surface area contributed by atoms with Crippen molar-refractivity contribution in [3.8, 4) is 0 Å². The molecule has 0 aliphatic rings. The van der Waals surface area contributed by atoms with Crippen LogP contribution >= 0.6 is 0 Å². The van der Waals surface area contributed by atoms with Crippen LogP contribution in [-0.4, -0.2) is 49.5 Å². The minimum atomic E-state index is -3.78. The van der Waals surface area contributed by atoms with Crippen LogP contribution in [0, 0.1) is 12.7 Å². The van der Waals surface area contributed by atoms with Crippen LogP contribution in [0.25, 0.3) is 0 Å². The third-order valence-electron chi connectivity index (χ3n) is 4.93. The molecule has 2 rings (SSSR count). The molecule has 0 aliphatic heterocycles. The zero-order chi connectivity index (χ0) is 25.0. The van der Waals surface area contributed by atoms with Crippen LogP contribution < -0.4 is 9.62 Å². The maximum Gasteiger partial charge on any atom is 0.244 e. The highest BCUT2D eigenvalue weighted by Crippen LogP contribution is 2.20. The number of anilines is 1. The lowest BCUT2D eigenvalue weighted by Gasteiger charge is -2.33. The molecule has 0 bridgehead atoms. The molecule has 33 heavy (non-hydrogen) atoms. The van der Waals surface area contributed by atoms with Crippen molar-refractivity contribution in [3.63, 3.8) is 0 Å². The van der Waals surface area contributed by atoms with Crippen molar-refractivity contribution in [1.29, 1.82) is 0 Å². The van der Waals surface area contributed by atoms with E-state index >= 15 is 0 Å². The van der Waals surface area contributed by atoms with E-state index in [1.165, 1.54) is 29.2 Å². The van der Waals surface area contributed by atoms with Gasteiger partial charge in [0.25, 0.3) is 0 Å². The number of hydrogen-bond donors (Lipinski definition) is 1. The van der Waals surface area contributed by atoms with Crippen molar-refractivity contribution in [2.45, 2.75) is 52.7 Å². The first-order valence-corrected chi connectivity index (χ1v) is 12.4. The molecular weight excluding hydrogens is 445 g/mol. The summed E-state index contributed by atoms with van der Waals surface area (Å²) in [5.74, 6) is -1.35. The zero-order valence-electron chi connectivity index (χ0n) is 19.9. The number of halogens is 1. The van der Waals surface area contributed by atoms with E-state index in [1.54, 1.807) is 31.2 Å². The Balaban J connectivity index is 2.38. The Kier molecular flexibility index (Phi) is 8.24. The molecule has 0 heterocycles. The lowest BCUT2D eigenvalue weighted by Crippen LogP contribution is -2.54. The number of rotatable bonds is 8. The van der Waals surface area contributed by atoms with Gasteiger partial charge in [-0.3, -0.25) is 13.9 Å². The van der Waals surface area contributed by atoms with Crippen LogP contribution in [0.15, 0.2) is 48.5 Å². The third-order valence-corrected chi connectivity index (χ3v) is 6.07. The van der Waals surface area contributed by atoms with Crippen molar-refractivity contribution >= 4 is 27.5 Å². The molecule has 2 amide bonds. The molecule has 7 nitrogen and oxygen atoms in total. The van der Waals surface area contributed by atoms with Crippen molar-refractivity contribution < 1.29 is 22.4 Å². The highest BCUT2D eigenvalue weighted by Gasteiger charge is 2.31. The van der Waals surface area contributed by atoms with Crippen molar-refractivity contribution in [3.05, 3.63) is 65.5 Å². The Morgan fingerprint density at radius 2 is 1.58 bits per heavy atom. The minimum Gasteiger partial charge on any atom is -0.350 e. The summed E-state index contributed by atoms with van der Waals surface area (Å²) in [6.45, 7) is 8.48. The topological polar surface area (TPSA) is 86.8 Å². The monoisotopic (exact) mass is 477 g/mol. The molecule has 1 atom stereocenters. The SMILES string of the molecule is Cc1ccc(N(CC(=O)N(Cc2ccc(F)cc2)C(C)C(=O)NC(C)(C)C)S(C)(=O)=O)cc1. The predicted molar refractivity (Wildman–Crippen MR) is 128 cm³/mol. The molecular formula is C24H32FN3O4S. The fraction of sp³-hybridized carbons (Fsp3) is 0.417. The molecule has 0 fully saturated rings. The average molecular weight is 478 g/mol. The summed E-state index contributed by atoms with van der Waals surface area (Å²) in [4.78, 5) is 27.5. The van der Waals surface area contributed by atoms with E-state index < -0.39 is 39.9 Å². The number of benzene rings is 2. The summed E-state index contributed by atoms with van der Waals surface area (Å²) in [6, 6.07) is 11.5. The van der Waals surface area contributed by atoms with Gasteiger partial charge >= 0.3 is 0 Å². The van der Waals surface area contributed by atoms with Gasteiger partial charge in [0.1, 0.15) is 18.4 Å². The van der Waals surface area contributed by atoms with Crippen LogP contribution in [0.1, 0.15) is 38.8 Å². The Bertz CT molecular complexity index is 1080. The molecule has 0 saturated heterocycles. The number of hydrogen-bond acceptors (Lipinski definition) is 4. The van der Waals surface area contributed by atoms with Gasteiger partial charge in [-0.1, -0.05) is 29.8 Å². The second-order valence-corrected chi connectivity index (χ2v) is 11.1. The average Bonchev–Trinajstić information content (AvgIpc) is 2.69. The highest BCUT2D eigenvalue weighted by molar-refractivity contribution is 7.92. The van der Waals surface area contributed by atoms with Gasteiger partial charge in [-0.05, 0) is 64.4 Å². The second-order valence-electron chi connectivity index (χ2n) is 9.17. The van der Waals surface area contributed by atoms with E-state index in [2.05, 4.69) is 5.32 Å². The van der Waals surface area contributed by atoms with Gasteiger partial charge < -0.3 is 10.2 Å². The van der Waals surface area contributed by atoms with Gasteiger partial charge in [-0.2, -0.15) is 0 Å². The van der Waals surface area contributed by atoms with E-state index in [1.807, 2.05) is 27.7 Å². The summed E-state index contributed by atoms with van der Waals surface area (Å²) >= 11 is 0. The second kappa shape index (κ2) is 10.3. The first kappa shape index (κ1) is 26.3. The molecule has 2 aromatic rings. The van der Waals surface area contributed by atoms with Gasteiger partial charge in [0.15, 0.2) is 0 Å². The van der Waals surface area contributed by atoms with Crippen molar-refractivity contribution in [1.82, 2.24) is 10.2 Å². The summed E-state index contributed by atoms with van der Waals surface area (Å²) in [7, 11) is -3.78. The lowest BCUT2D eigenvalue weighted by atomic mass is 10.1. The molecule has 0 radical (unpaired) electrons. The van der Waals surface area contributed by atoms with Crippen LogP contribution in [-0.2, 0) is 26.2 Å². The van der Waals surface area contributed by atoms with Gasteiger partial charge in [0.05, 0.1) is 11.9 Å². The third kappa shape index (κ3) is 7.85.